The molecule has 1 N–H and O–H groups in total. The summed E-state index contributed by atoms with van der Waals surface area (Å²) in [6, 6.07) is 13.3. The van der Waals surface area contributed by atoms with Crippen molar-refractivity contribution in [2.75, 3.05) is 19.0 Å². The Morgan fingerprint density at radius 3 is 2.76 bits per heavy atom. The van der Waals surface area contributed by atoms with Crippen molar-refractivity contribution in [2.45, 2.75) is 6.42 Å². The molecule has 0 unspecified atom stereocenters. The van der Waals surface area contributed by atoms with E-state index in [-0.39, 0.29) is 6.42 Å². The van der Waals surface area contributed by atoms with Crippen LogP contribution in [0.2, 0.25) is 5.02 Å². The number of hydrogen-bond donors (Lipinski definition) is 1. The number of ether oxygens (including phenoxy) is 2. The van der Waals surface area contributed by atoms with Crippen LogP contribution in [0.5, 0.6) is 5.75 Å². The predicted molar refractivity (Wildman–Crippen MR) is 92.5 cm³/mol. The van der Waals surface area contributed by atoms with Gasteiger partial charge in [-0.15, -0.1) is 0 Å². The van der Waals surface area contributed by atoms with Crippen molar-refractivity contribution in [3.05, 3.63) is 58.6 Å². The number of nitriles is 1. The van der Waals surface area contributed by atoms with Gasteiger partial charge < -0.3 is 14.8 Å². The van der Waals surface area contributed by atoms with Gasteiger partial charge in [0, 0.05) is 16.3 Å². The monoisotopic (exact) mass is 358 g/mol. The van der Waals surface area contributed by atoms with E-state index < -0.39 is 18.5 Å². The van der Waals surface area contributed by atoms with Crippen molar-refractivity contribution in [1.29, 1.82) is 5.26 Å². The summed E-state index contributed by atoms with van der Waals surface area (Å²) in [6.45, 7) is -0.432. The van der Waals surface area contributed by atoms with Gasteiger partial charge in [-0.3, -0.25) is 9.59 Å². The number of methoxy groups -OCH3 is 1. The summed E-state index contributed by atoms with van der Waals surface area (Å²) in [4.78, 5) is 23.7. The molecule has 0 heterocycles. The van der Waals surface area contributed by atoms with Crippen molar-refractivity contribution < 1.29 is 19.1 Å². The maximum atomic E-state index is 11.9. The number of carbonyl (C=O) groups is 2. The fourth-order valence-corrected chi connectivity index (χ4v) is 2.30. The Labute approximate surface area is 149 Å². The largest absolute Gasteiger partial charge is 0.496 e. The van der Waals surface area contributed by atoms with Gasteiger partial charge in [-0.2, -0.15) is 5.26 Å². The first kappa shape index (κ1) is 18.3. The van der Waals surface area contributed by atoms with Crippen LogP contribution in [0.15, 0.2) is 42.5 Å². The molecule has 0 aliphatic carbocycles. The van der Waals surface area contributed by atoms with Gasteiger partial charge >= 0.3 is 5.97 Å². The van der Waals surface area contributed by atoms with Gasteiger partial charge in [0.05, 0.1) is 25.2 Å². The molecule has 0 saturated heterocycles. The lowest BCUT2D eigenvalue weighted by Crippen LogP contribution is -2.21. The summed E-state index contributed by atoms with van der Waals surface area (Å²) in [6.07, 6.45) is -0.0685. The Morgan fingerprint density at radius 1 is 1.24 bits per heavy atom. The third kappa shape index (κ3) is 5.52. The van der Waals surface area contributed by atoms with Gasteiger partial charge in [0.1, 0.15) is 5.75 Å². The van der Waals surface area contributed by atoms with Crippen LogP contribution in [-0.2, 0) is 20.7 Å². The molecule has 0 aliphatic heterocycles. The molecule has 0 aromatic heterocycles. The van der Waals surface area contributed by atoms with Crippen LogP contribution < -0.4 is 10.1 Å². The lowest BCUT2D eigenvalue weighted by molar-refractivity contribution is -0.146. The zero-order valence-corrected chi connectivity index (χ0v) is 14.2. The number of benzene rings is 2. The average molecular weight is 359 g/mol. The van der Waals surface area contributed by atoms with Gasteiger partial charge in [0.15, 0.2) is 6.61 Å². The highest BCUT2D eigenvalue weighted by Gasteiger charge is 2.13. The van der Waals surface area contributed by atoms with Crippen LogP contribution in [0.4, 0.5) is 5.69 Å². The van der Waals surface area contributed by atoms with Crippen molar-refractivity contribution in [1.82, 2.24) is 0 Å². The molecule has 6 nitrogen and oxygen atoms in total. The second kappa shape index (κ2) is 8.71. The smallest absolute Gasteiger partial charge is 0.310 e. The van der Waals surface area contributed by atoms with Crippen LogP contribution in [0.3, 0.4) is 0 Å². The number of nitrogens with one attached hydrogen (secondary N) is 1. The highest BCUT2D eigenvalue weighted by molar-refractivity contribution is 6.30. The molecule has 2 rings (SSSR count). The lowest BCUT2D eigenvalue weighted by atomic mass is 10.1. The van der Waals surface area contributed by atoms with E-state index in [2.05, 4.69) is 5.32 Å². The van der Waals surface area contributed by atoms with E-state index >= 15 is 0 Å². The number of anilines is 1. The van der Waals surface area contributed by atoms with Crippen molar-refractivity contribution in [2.24, 2.45) is 0 Å². The number of rotatable bonds is 6. The van der Waals surface area contributed by atoms with Gasteiger partial charge in [-0.1, -0.05) is 17.7 Å². The van der Waals surface area contributed by atoms with Crippen molar-refractivity contribution >= 4 is 29.2 Å². The molecule has 0 aliphatic rings. The number of esters is 1. The summed E-state index contributed by atoms with van der Waals surface area (Å²) >= 11 is 5.91. The van der Waals surface area contributed by atoms with E-state index in [9.17, 15) is 9.59 Å². The molecule has 7 heteroatoms. The van der Waals surface area contributed by atoms with Crippen molar-refractivity contribution in [3.63, 3.8) is 0 Å². The van der Waals surface area contributed by atoms with Crippen LogP contribution in [-0.4, -0.2) is 25.6 Å². The Balaban J connectivity index is 1.88. The molecule has 0 radical (unpaired) electrons. The minimum absolute atomic E-state index is 0.0685. The average Bonchev–Trinajstić information content (AvgIpc) is 2.60. The molecule has 128 valence electrons. The molecule has 0 atom stereocenters. The number of amides is 1. The molecule has 2 aromatic carbocycles. The second-order valence-electron chi connectivity index (χ2n) is 5.03. The van der Waals surface area contributed by atoms with Gasteiger partial charge in [0.25, 0.3) is 5.91 Å². The van der Waals surface area contributed by atoms with Gasteiger partial charge in [-0.25, -0.2) is 0 Å². The quantitative estimate of drug-likeness (QED) is 0.802. The first-order chi connectivity index (χ1) is 12.0. The first-order valence-electron chi connectivity index (χ1n) is 7.30. The summed E-state index contributed by atoms with van der Waals surface area (Å²) in [5.41, 5.74) is 1.45. The van der Waals surface area contributed by atoms with E-state index in [0.717, 1.165) is 0 Å². The minimum atomic E-state index is -0.582. The summed E-state index contributed by atoms with van der Waals surface area (Å²) in [7, 11) is 1.49. The normalized spacial score (nSPS) is 9.80. The fraction of sp³-hybridized carbons (Fsp3) is 0.167. The molecule has 2 aromatic rings. The van der Waals surface area contributed by atoms with Gasteiger partial charge in [0.2, 0.25) is 0 Å². The number of nitrogens with zero attached hydrogens (tertiary/aromatic N) is 1. The van der Waals surface area contributed by atoms with Crippen LogP contribution in [0.25, 0.3) is 0 Å². The van der Waals surface area contributed by atoms with Crippen molar-refractivity contribution in [3.8, 4) is 11.8 Å². The van der Waals surface area contributed by atoms with Crippen LogP contribution in [0.1, 0.15) is 11.1 Å². The molecule has 0 saturated carbocycles. The number of halogens is 1. The Hall–Kier alpha value is -3.04. The molecular weight excluding hydrogens is 344 g/mol. The number of carbonyl (C=O) groups excluding carboxylic acids is 2. The van der Waals surface area contributed by atoms with Crippen LogP contribution in [0, 0.1) is 11.3 Å². The topological polar surface area (TPSA) is 88.4 Å². The molecule has 0 spiro atoms. The van der Waals surface area contributed by atoms with E-state index in [0.29, 0.717) is 27.6 Å². The maximum absolute atomic E-state index is 11.9. The zero-order valence-electron chi connectivity index (χ0n) is 13.4. The third-order valence-corrected chi connectivity index (χ3v) is 3.45. The maximum Gasteiger partial charge on any atom is 0.310 e. The Bertz CT molecular complexity index is 830. The molecule has 1 amide bonds. The first-order valence-corrected chi connectivity index (χ1v) is 7.67. The minimum Gasteiger partial charge on any atom is -0.496 e. The highest BCUT2D eigenvalue weighted by Crippen LogP contribution is 2.23. The fourth-order valence-electron chi connectivity index (χ4n) is 2.10. The molecule has 25 heavy (non-hydrogen) atoms. The highest BCUT2D eigenvalue weighted by atomic mass is 35.5. The SMILES string of the molecule is COc1ccc(Cl)cc1CC(=O)OCC(=O)Nc1cccc(C#N)c1. The summed E-state index contributed by atoms with van der Waals surface area (Å²) in [5, 5.41) is 11.8. The Morgan fingerprint density at radius 2 is 2.04 bits per heavy atom. The molecule has 0 fully saturated rings. The molecule has 0 bridgehead atoms. The van der Waals surface area contributed by atoms with E-state index in [1.807, 2.05) is 6.07 Å². The van der Waals surface area contributed by atoms with E-state index in [1.165, 1.54) is 13.2 Å². The van der Waals surface area contributed by atoms with E-state index in [1.54, 1.807) is 36.4 Å². The van der Waals surface area contributed by atoms with E-state index in [4.69, 9.17) is 26.3 Å². The number of hydrogen-bond acceptors (Lipinski definition) is 5. The zero-order chi connectivity index (χ0) is 18.2. The third-order valence-electron chi connectivity index (χ3n) is 3.22. The second-order valence-corrected chi connectivity index (χ2v) is 5.47. The molecular formula is C18H15ClN2O4. The Kier molecular flexibility index (Phi) is 6.38. The van der Waals surface area contributed by atoms with Crippen LogP contribution >= 0.6 is 11.6 Å². The predicted octanol–water partition coefficient (Wildman–Crippen LogP) is 2.94. The summed E-state index contributed by atoms with van der Waals surface area (Å²) < 4.78 is 10.1. The summed E-state index contributed by atoms with van der Waals surface area (Å²) in [5.74, 6) is -0.567. The standard InChI is InChI=1S/C18H15ClN2O4/c1-24-16-6-5-14(19)8-13(16)9-18(23)25-11-17(22)21-15-4-2-3-12(7-15)10-20/h2-8H,9,11H2,1H3,(H,21,22). The lowest BCUT2D eigenvalue weighted by Gasteiger charge is -2.09. The van der Waals surface area contributed by atoms with Gasteiger partial charge in [-0.05, 0) is 36.4 Å².